The van der Waals surface area contributed by atoms with Crippen molar-refractivity contribution in [1.29, 1.82) is 0 Å². The van der Waals surface area contributed by atoms with Gasteiger partial charge in [-0.25, -0.2) is 5.06 Å². The number of hydroxylamine groups is 1. The van der Waals surface area contributed by atoms with Crippen LogP contribution in [0.3, 0.4) is 0 Å². The number of anilines is 1. The third-order valence-corrected chi connectivity index (χ3v) is 4.24. The summed E-state index contributed by atoms with van der Waals surface area (Å²) in [4.78, 5) is 16.8. The van der Waals surface area contributed by atoms with Crippen LogP contribution in [0.2, 0.25) is 0 Å². The number of carbonyl (C=O) groups is 1. The van der Waals surface area contributed by atoms with Crippen molar-refractivity contribution < 1.29 is 9.63 Å². The first-order chi connectivity index (χ1) is 9.62. The van der Waals surface area contributed by atoms with Gasteiger partial charge >= 0.3 is 0 Å². The van der Waals surface area contributed by atoms with Crippen LogP contribution in [0, 0.1) is 0 Å². The first-order valence-corrected chi connectivity index (χ1v) is 7.58. The molecule has 0 bridgehead atoms. The largest absolute Gasteiger partial charge is 0.303 e. The molecule has 1 heterocycles. The molecule has 1 atom stereocenters. The van der Waals surface area contributed by atoms with Crippen molar-refractivity contribution >= 4 is 12.0 Å². The van der Waals surface area contributed by atoms with Crippen molar-refractivity contribution in [2.45, 2.75) is 57.9 Å². The number of fused-ring (bicyclic) bond motifs is 1. The zero-order valence-corrected chi connectivity index (χ0v) is 12.8. The van der Waals surface area contributed by atoms with Gasteiger partial charge in [-0.1, -0.05) is 45.4 Å². The summed E-state index contributed by atoms with van der Waals surface area (Å²) in [6.07, 6.45) is 4.59. The maximum atomic E-state index is 10.8. The topological polar surface area (TPSA) is 29.5 Å². The normalized spacial score (nSPS) is 19.9. The molecule has 1 aromatic rings. The standard InChI is InChI=1S/C17H25NO2/c1-4-5-13-20-18-15-10-7-6-9-14(15)17(2,3)16(18)11-8-12-19/h6-7,9-10,12,16H,4-5,8,11,13H2,1-3H3. The lowest BCUT2D eigenvalue weighted by molar-refractivity contribution is -0.108. The van der Waals surface area contributed by atoms with E-state index in [1.807, 2.05) is 6.07 Å². The van der Waals surface area contributed by atoms with Crippen molar-refractivity contribution in [3.05, 3.63) is 29.8 Å². The molecule has 0 saturated carbocycles. The van der Waals surface area contributed by atoms with Crippen LogP contribution in [0.15, 0.2) is 24.3 Å². The molecule has 0 radical (unpaired) electrons. The van der Waals surface area contributed by atoms with E-state index < -0.39 is 0 Å². The van der Waals surface area contributed by atoms with Gasteiger partial charge in [-0.05, 0) is 24.5 Å². The molecule has 20 heavy (non-hydrogen) atoms. The first kappa shape index (κ1) is 15.0. The highest BCUT2D eigenvalue weighted by molar-refractivity contribution is 5.62. The molecule has 0 aromatic heterocycles. The molecule has 0 fully saturated rings. The lowest BCUT2D eigenvalue weighted by Crippen LogP contribution is -2.41. The lowest BCUT2D eigenvalue weighted by Gasteiger charge is -2.33. The molecule has 1 aliphatic heterocycles. The Kier molecular flexibility index (Phi) is 4.81. The first-order valence-electron chi connectivity index (χ1n) is 7.58. The molecule has 110 valence electrons. The molecule has 3 nitrogen and oxygen atoms in total. The molecule has 1 unspecified atom stereocenters. The highest BCUT2D eigenvalue weighted by Gasteiger charge is 2.44. The molecule has 0 spiro atoms. The second-order valence-corrected chi connectivity index (χ2v) is 6.01. The van der Waals surface area contributed by atoms with Crippen LogP contribution in [0.4, 0.5) is 5.69 Å². The van der Waals surface area contributed by atoms with E-state index in [4.69, 9.17) is 4.84 Å². The van der Waals surface area contributed by atoms with Gasteiger partial charge in [0.1, 0.15) is 6.29 Å². The summed E-state index contributed by atoms with van der Waals surface area (Å²) in [5.41, 5.74) is 2.48. The summed E-state index contributed by atoms with van der Waals surface area (Å²) in [7, 11) is 0. The predicted molar refractivity (Wildman–Crippen MR) is 81.9 cm³/mol. The molecule has 2 rings (SSSR count). The van der Waals surface area contributed by atoms with E-state index in [-0.39, 0.29) is 11.5 Å². The number of rotatable bonds is 7. The summed E-state index contributed by atoms with van der Waals surface area (Å²) >= 11 is 0. The number of aldehydes is 1. The van der Waals surface area contributed by atoms with Gasteiger partial charge in [-0.3, -0.25) is 4.84 Å². The highest BCUT2D eigenvalue weighted by atomic mass is 16.7. The zero-order chi connectivity index (χ0) is 14.6. The fourth-order valence-electron chi connectivity index (χ4n) is 3.02. The highest BCUT2D eigenvalue weighted by Crippen LogP contribution is 2.46. The summed E-state index contributed by atoms with van der Waals surface area (Å²) in [6.45, 7) is 7.38. The van der Waals surface area contributed by atoms with Crippen LogP contribution in [0.25, 0.3) is 0 Å². The minimum atomic E-state index is 0.00577. The number of hydrogen-bond donors (Lipinski definition) is 0. The Labute approximate surface area is 121 Å². The van der Waals surface area contributed by atoms with Gasteiger partial charge < -0.3 is 4.79 Å². The predicted octanol–water partition coefficient (Wildman–Crippen LogP) is 3.86. The smallest absolute Gasteiger partial charge is 0.120 e. The van der Waals surface area contributed by atoms with Crippen molar-refractivity contribution in [3.63, 3.8) is 0 Å². The Morgan fingerprint density at radius 1 is 1.35 bits per heavy atom. The van der Waals surface area contributed by atoms with E-state index in [2.05, 4.69) is 44.0 Å². The van der Waals surface area contributed by atoms with E-state index in [9.17, 15) is 4.79 Å². The van der Waals surface area contributed by atoms with E-state index >= 15 is 0 Å². The Morgan fingerprint density at radius 3 is 2.80 bits per heavy atom. The van der Waals surface area contributed by atoms with Crippen molar-refractivity contribution in [2.75, 3.05) is 11.7 Å². The van der Waals surface area contributed by atoms with Crippen LogP contribution in [0.5, 0.6) is 0 Å². The maximum Gasteiger partial charge on any atom is 0.120 e. The lowest BCUT2D eigenvalue weighted by atomic mass is 9.79. The molecular weight excluding hydrogens is 250 g/mol. The number of nitrogens with zero attached hydrogens (tertiary/aromatic N) is 1. The van der Waals surface area contributed by atoms with Crippen LogP contribution >= 0.6 is 0 Å². The maximum absolute atomic E-state index is 10.8. The molecule has 3 heteroatoms. The minimum Gasteiger partial charge on any atom is -0.303 e. The third-order valence-electron chi connectivity index (χ3n) is 4.24. The number of hydrogen-bond acceptors (Lipinski definition) is 3. The Balaban J connectivity index is 2.26. The summed E-state index contributed by atoms with van der Waals surface area (Å²) in [5, 5.41) is 2.05. The zero-order valence-electron chi connectivity index (χ0n) is 12.8. The van der Waals surface area contributed by atoms with Gasteiger partial charge in [-0.15, -0.1) is 0 Å². The molecule has 0 N–H and O–H groups in total. The van der Waals surface area contributed by atoms with Gasteiger partial charge in [0.25, 0.3) is 0 Å². The minimum absolute atomic E-state index is 0.00577. The summed E-state index contributed by atoms with van der Waals surface area (Å²) in [6, 6.07) is 8.64. The van der Waals surface area contributed by atoms with E-state index in [1.165, 1.54) is 5.56 Å². The number of benzene rings is 1. The fraction of sp³-hybridized carbons (Fsp3) is 0.588. The third kappa shape index (κ3) is 2.73. The summed E-state index contributed by atoms with van der Waals surface area (Å²) < 4.78 is 0. The molecule has 0 saturated heterocycles. The van der Waals surface area contributed by atoms with Crippen molar-refractivity contribution in [3.8, 4) is 0 Å². The Bertz CT molecular complexity index is 456. The second-order valence-electron chi connectivity index (χ2n) is 6.01. The SMILES string of the molecule is CCCCON1c2ccccc2C(C)(C)C1CCC=O. The van der Waals surface area contributed by atoms with Gasteiger partial charge in [-0.2, -0.15) is 0 Å². The van der Waals surface area contributed by atoms with Crippen LogP contribution in [0.1, 0.15) is 52.0 Å². The van der Waals surface area contributed by atoms with Gasteiger partial charge in [0.05, 0.1) is 18.3 Å². The van der Waals surface area contributed by atoms with Crippen LogP contribution < -0.4 is 5.06 Å². The van der Waals surface area contributed by atoms with Crippen LogP contribution in [-0.2, 0) is 15.0 Å². The van der Waals surface area contributed by atoms with Gasteiger partial charge in [0, 0.05) is 11.8 Å². The quantitative estimate of drug-likeness (QED) is 0.559. The van der Waals surface area contributed by atoms with Gasteiger partial charge in [0.2, 0.25) is 0 Å². The molecule has 1 aliphatic rings. The monoisotopic (exact) mass is 275 g/mol. The van der Waals surface area contributed by atoms with Crippen molar-refractivity contribution in [1.82, 2.24) is 0 Å². The number of unbranched alkanes of at least 4 members (excludes halogenated alkanes) is 1. The molecular formula is C17H25NO2. The molecule has 0 amide bonds. The van der Waals surface area contributed by atoms with E-state index in [0.717, 1.165) is 37.8 Å². The van der Waals surface area contributed by atoms with E-state index in [0.29, 0.717) is 6.42 Å². The molecule has 1 aromatic carbocycles. The van der Waals surface area contributed by atoms with Crippen molar-refractivity contribution in [2.24, 2.45) is 0 Å². The second kappa shape index (κ2) is 6.40. The van der Waals surface area contributed by atoms with Gasteiger partial charge in [0.15, 0.2) is 0 Å². The summed E-state index contributed by atoms with van der Waals surface area (Å²) in [5.74, 6) is 0. The average Bonchev–Trinajstić information content (AvgIpc) is 2.66. The Morgan fingerprint density at radius 2 is 2.10 bits per heavy atom. The number of carbonyl (C=O) groups excluding carboxylic acids is 1. The average molecular weight is 275 g/mol. The molecule has 0 aliphatic carbocycles. The Hall–Kier alpha value is -1.35. The number of para-hydroxylation sites is 1. The fourth-order valence-corrected chi connectivity index (χ4v) is 3.02. The van der Waals surface area contributed by atoms with E-state index in [1.54, 1.807) is 0 Å². The van der Waals surface area contributed by atoms with Crippen LogP contribution in [-0.4, -0.2) is 18.9 Å².